The highest BCUT2D eigenvalue weighted by Crippen LogP contribution is 2.31. The first kappa shape index (κ1) is 19.5. The van der Waals surface area contributed by atoms with Crippen molar-refractivity contribution >= 4 is 17.6 Å². The van der Waals surface area contributed by atoms with Gasteiger partial charge in [0.2, 0.25) is 0 Å². The molecule has 0 bridgehead atoms. The topological polar surface area (TPSA) is 66.8 Å². The van der Waals surface area contributed by atoms with Crippen LogP contribution in [0.4, 0.5) is 5.69 Å². The lowest BCUT2D eigenvalue weighted by Crippen LogP contribution is -2.35. The summed E-state index contributed by atoms with van der Waals surface area (Å²) >= 11 is 0. The molecule has 0 spiro atoms. The fourth-order valence-corrected chi connectivity index (χ4v) is 3.56. The molecular weight excluding hydrogens is 378 g/mol. The summed E-state index contributed by atoms with van der Waals surface area (Å²) in [5, 5.41) is 10.7. The van der Waals surface area contributed by atoms with Crippen LogP contribution in [0.5, 0.6) is 5.75 Å². The van der Waals surface area contributed by atoms with Crippen molar-refractivity contribution in [1.82, 2.24) is 0 Å². The molecule has 0 atom stereocenters. The number of para-hydroxylation sites is 1. The Kier molecular flexibility index (Phi) is 5.61. The van der Waals surface area contributed by atoms with E-state index in [1.54, 1.807) is 24.3 Å². The number of hydrogen-bond acceptors (Lipinski definition) is 3. The summed E-state index contributed by atoms with van der Waals surface area (Å²) in [5.41, 5.74) is 3.08. The second-order valence-corrected chi connectivity index (χ2v) is 7.03. The van der Waals surface area contributed by atoms with Crippen molar-refractivity contribution in [3.63, 3.8) is 0 Å². The average molecular weight is 399 g/mol. The highest BCUT2D eigenvalue weighted by atomic mass is 16.7. The molecule has 150 valence electrons. The maximum Gasteiger partial charge on any atom is 0.332 e. The monoisotopic (exact) mass is 399 g/mol. The van der Waals surface area contributed by atoms with E-state index < -0.39 is 11.9 Å². The van der Waals surface area contributed by atoms with Crippen molar-refractivity contribution in [3.05, 3.63) is 96.1 Å². The lowest BCUT2D eigenvalue weighted by atomic mass is 10.1. The number of carboxylic acid groups (broad SMARTS) is 1. The molecule has 0 heterocycles. The van der Waals surface area contributed by atoms with Crippen LogP contribution >= 0.6 is 0 Å². The van der Waals surface area contributed by atoms with E-state index in [0.29, 0.717) is 36.3 Å². The largest absolute Gasteiger partial charge is 0.478 e. The molecule has 3 aromatic carbocycles. The highest BCUT2D eigenvalue weighted by molar-refractivity contribution is 6.09. The number of carbonyl (C=O) groups excluding carboxylic acids is 1. The lowest BCUT2D eigenvalue weighted by molar-refractivity contribution is -0.133. The lowest BCUT2D eigenvalue weighted by Gasteiger charge is -2.23. The standard InChI is InChI=1S/C25H21NO4/c27-24(22-12-7-13-23(22)25(28)29)26(30-21-10-5-2-6-11-21)20-16-14-19(15-17-20)18-8-3-1-4-9-18/h1-6,8-11,14-17H,7,12-13H2,(H,28,29). The Balaban J connectivity index is 1.69. The fourth-order valence-electron chi connectivity index (χ4n) is 3.56. The predicted octanol–water partition coefficient (Wildman–Crippen LogP) is 5.25. The van der Waals surface area contributed by atoms with E-state index in [0.717, 1.165) is 11.1 Å². The van der Waals surface area contributed by atoms with Crippen LogP contribution in [0.25, 0.3) is 11.1 Å². The van der Waals surface area contributed by atoms with Crippen molar-refractivity contribution in [2.45, 2.75) is 19.3 Å². The normalized spacial score (nSPS) is 13.2. The first-order valence-electron chi connectivity index (χ1n) is 9.82. The Morgan fingerprint density at radius 2 is 1.30 bits per heavy atom. The van der Waals surface area contributed by atoms with Crippen LogP contribution in [0.3, 0.4) is 0 Å². The maximum absolute atomic E-state index is 13.3. The van der Waals surface area contributed by atoms with Gasteiger partial charge in [0.25, 0.3) is 5.91 Å². The van der Waals surface area contributed by atoms with Crippen molar-refractivity contribution in [1.29, 1.82) is 0 Å². The van der Waals surface area contributed by atoms with E-state index in [4.69, 9.17) is 4.84 Å². The number of nitrogens with zero attached hydrogens (tertiary/aromatic N) is 1. The van der Waals surface area contributed by atoms with Crippen molar-refractivity contribution in [2.24, 2.45) is 0 Å². The number of hydrogen-bond donors (Lipinski definition) is 1. The van der Waals surface area contributed by atoms with E-state index >= 15 is 0 Å². The van der Waals surface area contributed by atoms with Crippen LogP contribution in [-0.4, -0.2) is 17.0 Å². The van der Waals surface area contributed by atoms with Gasteiger partial charge in [-0.2, -0.15) is 0 Å². The number of anilines is 1. The summed E-state index contributed by atoms with van der Waals surface area (Å²) < 4.78 is 0. The van der Waals surface area contributed by atoms with Gasteiger partial charge in [0.05, 0.1) is 5.69 Å². The van der Waals surface area contributed by atoms with Crippen molar-refractivity contribution in [3.8, 4) is 16.9 Å². The van der Waals surface area contributed by atoms with Gasteiger partial charge in [-0.3, -0.25) is 4.79 Å². The molecule has 0 unspecified atom stereocenters. The highest BCUT2D eigenvalue weighted by Gasteiger charge is 2.30. The van der Waals surface area contributed by atoms with Gasteiger partial charge in [-0.15, -0.1) is 5.06 Å². The minimum Gasteiger partial charge on any atom is -0.478 e. The van der Waals surface area contributed by atoms with Gasteiger partial charge in [-0.1, -0.05) is 60.7 Å². The summed E-state index contributed by atoms with van der Waals surface area (Å²) in [5.74, 6) is -0.996. The Morgan fingerprint density at radius 3 is 1.93 bits per heavy atom. The summed E-state index contributed by atoms with van der Waals surface area (Å²) in [7, 11) is 0. The molecule has 1 amide bonds. The minimum absolute atomic E-state index is 0.169. The van der Waals surface area contributed by atoms with Crippen LogP contribution in [-0.2, 0) is 9.59 Å². The zero-order chi connectivity index (χ0) is 20.9. The van der Waals surface area contributed by atoms with Crippen LogP contribution < -0.4 is 9.90 Å². The molecule has 0 aromatic heterocycles. The quantitative estimate of drug-likeness (QED) is 0.575. The molecule has 3 aromatic rings. The van der Waals surface area contributed by atoms with Crippen LogP contribution in [0, 0.1) is 0 Å². The molecular formula is C25H21NO4. The number of hydroxylamine groups is 1. The number of aliphatic carboxylic acids is 1. The van der Waals surface area contributed by atoms with Crippen molar-refractivity contribution in [2.75, 3.05) is 5.06 Å². The summed E-state index contributed by atoms with van der Waals surface area (Å²) in [4.78, 5) is 30.8. The van der Waals surface area contributed by atoms with E-state index in [-0.39, 0.29) is 5.57 Å². The minimum atomic E-state index is -1.05. The molecule has 0 aliphatic heterocycles. The molecule has 4 rings (SSSR count). The van der Waals surface area contributed by atoms with Gasteiger partial charge < -0.3 is 9.94 Å². The Labute approximate surface area is 174 Å². The molecule has 5 heteroatoms. The van der Waals surface area contributed by atoms with E-state index in [1.807, 2.05) is 60.7 Å². The van der Waals surface area contributed by atoms with E-state index in [9.17, 15) is 14.7 Å². The summed E-state index contributed by atoms with van der Waals surface area (Å²) in [6.07, 6.45) is 1.47. The van der Waals surface area contributed by atoms with Crippen LogP contribution in [0.15, 0.2) is 96.1 Å². The molecule has 0 saturated carbocycles. The first-order chi connectivity index (χ1) is 14.6. The first-order valence-corrected chi connectivity index (χ1v) is 9.82. The smallest absolute Gasteiger partial charge is 0.332 e. The van der Waals surface area contributed by atoms with E-state index in [2.05, 4.69) is 0 Å². The summed E-state index contributed by atoms with van der Waals surface area (Å²) in [6, 6.07) is 26.4. The number of carbonyl (C=O) groups is 2. The number of carboxylic acids is 1. The van der Waals surface area contributed by atoms with Gasteiger partial charge in [0, 0.05) is 11.1 Å². The predicted molar refractivity (Wildman–Crippen MR) is 115 cm³/mol. The zero-order valence-corrected chi connectivity index (χ0v) is 16.3. The Morgan fingerprint density at radius 1 is 0.733 bits per heavy atom. The third-order valence-electron chi connectivity index (χ3n) is 5.07. The van der Waals surface area contributed by atoms with Crippen LogP contribution in [0.1, 0.15) is 19.3 Å². The third-order valence-corrected chi connectivity index (χ3v) is 5.07. The molecule has 0 saturated heterocycles. The van der Waals surface area contributed by atoms with Gasteiger partial charge in [0.15, 0.2) is 5.75 Å². The van der Waals surface area contributed by atoms with Gasteiger partial charge in [-0.05, 0) is 54.7 Å². The molecule has 1 aliphatic rings. The summed E-state index contributed by atoms with van der Waals surface area (Å²) in [6.45, 7) is 0. The second-order valence-electron chi connectivity index (χ2n) is 7.03. The average Bonchev–Trinajstić information content (AvgIpc) is 3.29. The second kappa shape index (κ2) is 8.66. The van der Waals surface area contributed by atoms with E-state index in [1.165, 1.54) is 5.06 Å². The number of amides is 1. The molecule has 0 radical (unpaired) electrons. The van der Waals surface area contributed by atoms with Crippen molar-refractivity contribution < 1.29 is 19.5 Å². The molecule has 5 nitrogen and oxygen atoms in total. The molecule has 1 N–H and O–H groups in total. The van der Waals surface area contributed by atoms with Gasteiger partial charge in [0.1, 0.15) is 0 Å². The fraction of sp³-hybridized carbons (Fsp3) is 0.120. The maximum atomic E-state index is 13.3. The third kappa shape index (κ3) is 4.10. The Bertz CT molecular complexity index is 1070. The van der Waals surface area contributed by atoms with Crippen LogP contribution in [0.2, 0.25) is 0 Å². The number of rotatable bonds is 6. The Hall–Kier alpha value is -3.86. The zero-order valence-electron chi connectivity index (χ0n) is 16.3. The van der Waals surface area contributed by atoms with Gasteiger partial charge in [-0.25, -0.2) is 4.79 Å². The molecule has 0 fully saturated rings. The molecule has 30 heavy (non-hydrogen) atoms. The molecule has 1 aliphatic carbocycles. The SMILES string of the molecule is O=C(O)C1=C(C(=O)N(Oc2ccccc2)c2ccc(-c3ccccc3)cc2)CCC1. The van der Waals surface area contributed by atoms with Gasteiger partial charge >= 0.3 is 5.97 Å². The number of benzene rings is 3.